The van der Waals surface area contributed by atoms with Crippen molar-refractivity contribution in [3.63, 3.8) is 0 Å². The molecule has 2 aliphatic heterocycles. The van der Waals surface area contributed by atoms with Crippen LogP contribution in [0.25, 0.3) is 0 Å². The number of hydrogen-bond donors (Lipinski definition) is 4. The highest BCUT2D eigenvalue weighted by molar-refractivity contribution is 5.84. The van der Waals surface area contributed by atoms with Crippen LogP contribution in [0.4, 0.5) is 0 Å². The molecule has 2 heterocycles. The van der Waals surface area contributed by atoms with Gasteiger partial charge in [-0.3, -0.25) is 9.98 Å². The van der Waals surface area contributed by atoms with Gasteiger partial charge in [-0.15, -0.1) is 0 Å². The Kier molecular flexibility index (Phi) is 8.04. The second-order valence-electron chi connectivity index (χ2n) is 10.3. The highest BCUT2D eigenvalue weighted by Gasteiger charge is 2.33. The zero-order valence-corrected chi connectivity index (χ0v) is 22.6. The van der Waals surface area contributed by atoms with Gasteiger partial charge in [-0.25, -0.2) is 0 Å². The zero-order chi connectivity index (χ0) is 27.0. The molecule has 6 heteroatoms. The average Bonchev–Trinajstić information content (AvgIpc) is 3.66. The predicted octanol–water partition coefficient (Wildman–Crippen LogP) is 5.83. The van der Waals surface area contributed by atoms with Crippen molar-refractivity contribution < 1.29 is 0 Å². The second-order valence-corrected chi connectivity index (χ2v) is 10.3. The number of rotatable bonds is 9. The summed E-state index contributed by atoms with van der Waals surface area (Å²) in [6.45, 7) is 1.51. The van der Waals surface area contributed by atoms with Gasteiger partial charge in [-0.05, 0) is 35.1 Å². The van der Waals surface area contributed by atoms with Gasteiger partial charge in [0.05, 0.1) is 24.2 Å². The summed E-state index contributed by atoms with van der Waals surface area (Å²) in [7, 11) is 0. The molecule has 0 aromatic heterocycles. The van der Waals surface area contributed by atoms with E-state index in [0.717, 1.165) is 37.9 Å². The summed E-state index contributed by atoms with van der Waals surface area (Å²) in [6, 6.07) is 42.9. The third-order valence-electron chi connectivity index (χ3n) is 7.58. The first-order valence-electron chi connectivity index (χ1n) is 14.2. The van der Waals surface area contributed by atoms with Crippen molar-refractivity contribution in [2.45, 2.75) is 37.0 Å². The van der Waals surface area contributed by atoms with E-state index in [1.807, 2.05) is 0 Å². The molecule has 40 heavy (non-hydrogen) atoms. The SMILES string of the molecule is c1ccc([C@H]2NC(=NCCCCN=C3N[C@H](c4ccccc4)[C@@H](c4ccccc4)N3)N[C@@H]2c2ccccc2)cc1. The smallest absolute Gasteiger partial charge is 0.192 e. The molecular formula is C34H36N6. The van der Waals surface area contributed by atoms with E-state index in [4.69, 9.17) is 9.98 Å². The molecule has 0 unspecified atom stereocenters. The van der Waals surface area contributed by atoms with Crippen molar-refractivity contribution in [3.05, 3.63) is 144 Å². The molecule has 0 saturated carbocycles. The van der Waals surface area contributed by atoms with Crippen molar-refractivity contribution in [3.8, 4) is 0 Å². The molecule has 0 bridgehead atoms. The summed E-state index contributed by atoms with van der Waals surface area (Å²) in [5.41, 5.74) is 5.02. The van der Waals surface area contributed by atoms with Gasteiger partial charge in [0.2, 0.25) is 0 Å². The average molecular weight is 529 g/mol. The van der Waals surface area contributed by atoms with E-state index in [2.05, 4.69) is 143 Å². The maximum atomic E-state index is 4.86. The molecule has 0 aliphatic carbocycles. The van der Waals surface area contributed by atoms with E-state index in [1.165, 1.54) is 22.3 Å². The zero-order valence-electron chi connectivity index (χ0n) is 22.6. The topological polar surface area (TPSA) is 72.8 Å². The Balaban J connectivity index is 1.05. The largest absolute Gasteiger partial charge is 0.347 e. The van der Waals surface area contributed by atoms with E-state index in [1.54, 1.807) is 0 Å². The summed E-state index contributed by atoms with van der Waals surface area (Å²) in [6.07, 6.45) is 1.94. The maximum Gasteiger partial charge on any atom is 0.192 e. The van der Waals surface area contributed by atoms with Crippen LogP contribution < -0.4 is 21.3 Å². The van der Waals surface area contributed by atoms with Gasteiger partial charge in [0.25, 0.3) is 0 Å². The van der Waals surface area contributed by atoms with E-state index in [9.17, 15) is 0 Å². The number of nitrogens with zero attached hydrogens (tertiary/aromatic N) is 2. The molecule has 4 atom stereocenters. The van der Waals surface area contributed by atoms with E-state index in [0.29, 0.717) is 0 Å². The van der Waals surface area contributed by atoms with E-state index in [-0.39, 0.29) is 24.2 Å². The molecule has 202 valence electrons. The minimum absolute atomic E-state index is 0.142. The second kappa shape index (κ2) is 12.5. The van der Waals surface area contributed by atoms with Crippen LogP contribution in [0.2, 0.25) is 0 Å². The van der Waals surface area contributed by atoms with Crippen LogP contribution in [0.15, 0.2) is 131 Å². The van der Waals surface area contributed by atoms with Crippen LogP contribution in [-0.2, 0) is 0 Å². The minimum Gasteiger partial charge on any atom is -0.347 e. The van der Waals surface area contributed by atoms with Gasteiger partial charge in [0.1, 0.15) is 0 Å². The van der Waals surface area contributed by atoms with E-state index < -0.39 is 0 Å². The van der Waals surface area contributed by atoms with Gasteiger partial charge in [-0.1, -0.05) is 121 Å². The molecule has 4 aromatic carbocycles. The molecule has 0 spiro atoms. The molecule has 4 aromatic rings. The number of hydrogen-bond acceptors (Lipinski definition) is 2. The summed E-state index contributed by atoms with van der Waals surface area (Å²) < 4.78 is 0. The molecule has 6 rings (SSSR count). The fourth-order valence-electron chi connectivity index (χ4n) is 5.54. The fraction of sp³-hybridized carbons (Fsp3) is 0.235. The van der Waals surface area contributed by atoms with Gasteiger partial charge < -0.3 is 21.3 Å². The molecular weight excluding hydrogens is 492 g/mol. The predicted molar refractivity (Wildman–Crippen MR) is 163 cm³/mol. The van der Waals surface area contributed by atoms with Crippen LogP contribution in [0, 0.1) is 0 Å². The number of unbranched alkanes of at least 4 members (excludes halogenated alkanes) is 1. The van der Waals surface area contributed by atoms with Crippen molar-refractivity contribution >= 4 is 11.9 Å². The van der Waals surface area contributed by atoms with Crippen LogP contribution in [-0.4, -0.2) is 25.0 Å². The third-order valence-corrected chi connectivity index (χ3v) is 7.58. The van der Waals surface area contributed by atoms with Crippen LogP contribution in [0.1, 0.15) is 59.3 Å². The number of nitrogens with one attached hydrogen (secondary N) is 4. The quantitative estimate of drug-likeness (QED) is 0.206. The first-order valence-corrected chi connectivity index (χ1v) is 14.2. The Morgan fingerprint density at radius 3 is 0.875 bits per heavy atom. The lowest BCUT2D eigenvalue weighted by molar-refractivity contribution is 0.554. The number of benzene rings is 4. The first-order chi connectivity index (χ1) is 19.8. The lowest BCUT2D eigenvalue weighted by Crippen LogP contribution is -2.25. The molecule has 2 fully saturated rings. The highest BCUT2D eigenvalue weighted by atomic mass is 15.3. The van der Waals surface area contributed by atoms with Gasteiger partial charge in [0, 0.05) is 13.1 Å². The van der Waals surface area contributed by atoms with Crippen LogP contribution in [0.3, 0.4) is 0 Å². The van der Waals surface area contributed by atoms with Crippen molar-refractivity contribution in [1.82, 2.24) is 21.3 Å². The van der Waals surface area contributed by atoms with E-state index >= 15 is 0 Å². The Labute approximate surface area is 236 Å². The Hall–Kier alpha value is -4.58. The monoisotopic (exact) mass is 528 g/mol. The fourth-order valence-corrected chi connectivity index (χ4v) is 5.54. The summed E-state index contributed by atoms with van der Waals surface area (Å²) in [5, 5.41) is 14.5. The summed E-state index contributed by atoms with van der Waals surface area (Å²) in [4.78, 5) is 9.72. The Morgan fingerprint density at radius 2 is 0.625 bits per heavy atom. The van der Waals surface area contributed by atoms with Gasteiger partial charge in [0.15, 0.2) is 11.9 Å². The van der Waals surface area contributed by atoms with Crippen LogP contribution >= 0.6 is 0 Å². The van der Waals surface area contributed by atoms with Crippen molar-refractivity contribution in [1.29, 1.82) is 0 Å². The first kappa shape index (κ1) is 25.7. The number of guanidine groups is 2. The Bertz CT molecular complexity index is 1200. The molecule has 4 N–H and O–H groups in total. The summed E-state index contributed by atoms with van der Waals surface area (Å²) >= 11 is 0. The van der Waals surface area contributed by atoms with Crippen molar-refractivity contribution in [2.75, 3.05) is 13.1 Å². The molecule has 0 radical (unpaired) electrons. The third kappa shape index (κ3) is 6.01. The molecule has 2 aliphatic rings. The Morgan fingerprint density at radius 1 is 0.375 bits per heavy atom. The highest BCUT2D eigenvalue weighted by Crippen LogP contribution is 2.33. The lowest BCUT2D eigenvalue weighted by Gasteiger charge is -2.19. The van der Waals surface area contributed by atoms with Gasteiger partial charge >= 0.3 is 0 Å². The summed E-state index contributed by atoms with van der Waals surface area (Å²) in [5.74, 6) is 1.73. The number of aliphatic imine (C=N–C) groups is 2. The normalized spacial score (nSPS) is 21.6. The minimum atomic E-state index is 0.142. The van der Waals surface area contributed by atoms with Crippen molar-refractivity contribution in [2.24, 2.45) is 9.98 Å². The molecule has 0 amide bonds. The standard InChI is InChI=1S/C34H36N6/c1-5-15-25(16-6-1)29-30(26-17-7-2-8-18-26)38-33(37-29)35-23-13-14-24-36-34-39-31(27-19-9-3-10-20-27)32(40-34)28-21-11-4-12-22-28/h1-12,15-22,29-32H,13-14,23-24H2,(H2,35,37,38)(H2,36,39,40)/t29-,30-,31-,32-/m1/s1. The molecule has 2 saturated heterocycles. The molecule has 6 nitrogen and oxygen atoms in total. The maximum absolute atomic E-state index is 4.86. The van der Waals surface area contributed by atoms with Gasteiger partial charge in [-0.2, -0.15) is 0 Å². The van der Waals surface area contributed by atoms with Crippen LogP contribution in [0.5, 0.6) is 0 Å². The lowest BCUT2D eigenvalue weighted by atomic mass is 9.95.